The molecular weight excluding hydrogens is 314 g/mol. The number of esters is 1. The number of nitrogens with zero attached hydrogens (tertiary/aromatic N) is 3. The molecular formula is C16H17N3O5. The Hall–Kier alpha value is -2.74. The van der Waals surface area contributed by atoms with Gasteiger partial charge in [-0.15, -0.1) is 0 Å². The molecule has 126 valence electrons. The van der Waals surface area contributed by atoms with Crippen LogP contribution in [0.1, 0.15) is 6.92 Å². The summed E-state index contributed by atoms with van der Waals surface area (Å²) in [4.78, 5) is 28.6. The first-order valence-corrected chi connectivity index (χ1v) is 7.50. The number of rotatable bonds is 3. The fourth-order valence-electron chi connectivity index (χ4n) is 3.00. The van der Waals surface area contributed by atoms with E-state index < -0.39 is 17.0 Å². The Morgan fingerprint density at radius 1 is 1.38 bits per heavy atom. The number of aromatic nitrogens is 1. The number of carbonyl (C=O) groups is 1. The van der Waals surface area contributed by atoms with Gasteiger partial charge in [-0.2, -0.15) is 0 Å². The number of benzene rings is 1. The van der Waals surface area contributed by atoms with Crippen molar-refractivity contribution in [1.82, 2.24) is 4.98 Å². The normalized spacial score (nSPS) is 20.8. The van der Waals surface area contributed by atoms with Crippen LogP contribution in [0, 0.1) is 10.1 Å². The van der Waals surface area contributed by atoms with Crippen LogP contribution in [-0.2, 0) is 14.3 Å². The summed E-state index contributed by atoms with van der Waals surface area (Å²) < 4.78 is 10.4. The smallest absolute Gasteiger partial charge is 0.336 e. The molecule has 1 aliphatic heterocycles. The van der Waals surface area contributed by atoms with Gasteiger partial charge in [-0.25, -0.2) is 4.79 Å². The second kappa shape index (κ2) is 6.40. The maximum absolute atomic E-state index is 11.8. The molecule has 1 unspecified atom stereocenters. The quantitative estimate of drug-likeness (QED) is 0.481. The molecule has 0 N–H and O–H groups in total. The Morgan fingerprint density at radius 3 is 2.88 bits per heavy atom. The average molecular weight is 331 g/mol. The van der Waals surface area contributed by atoms with Crippen molar-refractivity contribution in [3.8, 4) is 0 Å². The van der Waals surface area contributed by atoms with Crippen LogP contribution in [-0.4, -0.2) is 48.3 Å². The molecule has 0 aliphatic carbocycles. The highest BCUT2D eigenvalue weighted by Gasteiger charge is 2.32. The van der Waals surface area contributed by atoms with Crippen LogP contribution >= 0.6 is 0 Å². The molecule has 0 radical (unpaired) electrons. The third-order valence-electron chi connectivity index (χ3n) is 4.03. The number of methoxy groups -OCH3 is 1. The monoisotopic (exact) mass is 331 g/mol. The number of hydrogen-bond acceptors (Lipinski definition) is 7. The number of fused-ring (bicyclic) bond motifs is 1. The minimum absolute atomic E-state index is 0.00711. The van der Waals surface area contributed by atoms with Gasteiger partial charge in [0.15, 0.2) is 6.10 Å². The van der Waals surface area contributed by atoms with Gasteiger partial charge in [-0.1, -0.05) is 0 Å². The molecule has 1 aromatic carbocycles. The third-order valence-corrected chi connectivity index (χ3v) is 4.03. The van der Waals surface area contributed by atoms with Crippen molar-refractivity contribution < 1.29 is 19.2 Å². The molecule has 3 rings (SSSR count). The summed E-state index contributed by atoms with van der Waals surface area (Å²) in [6, 6.07) is 4.91. The van der Waals surface area contributed by atoms with Crippen LogP contribution in [0.2, 0.25) is 0 Å². The fourth-order valence-corrected chi connectivity index (χ4v) is 3.00. The van der Waals surface area contributed by atoms with Crippen molar-refractivity contribution in [1.29, 1.82) is 0 Å². The van der Waals surface area contributed by atoms with Gasteiger partial charge in [-0.3, -0.25) is 15.1 Å². The van der Waals surface area contributed by atoms with Gasteiger partial charge in [0.25, 0.3) is 5.69 Å². The van der Waals surface area contributed by atoms with Crippen LogP contribution in [0.15, 0.2) is 30.6 Å². The van der Waals surface area contributed by atoms with Crippen molar-refractivity contribution in [2.45, 2.75) is 19.1 Å². The van der Waals surface area contributed by atoms with E-state index in [0.29, 0.717) is 18.5 Å². The predicted octanol–water partition coefficient (Wildman–Crippen LogP) is 1.91. The molecule has 1 saturated heterocycles. The molecule has 8 heteroatoms. The van der Waals surface area contributed by atoms with E-state index in [2.05, 4.69) is 4.98 Å². The highest BCUT2D eigenvalue weighted by molar-refractivity contribution is 5.99. The lowest BCUT2D eigenvalue weighted by molar-refractivity contribution is -0.383. The first-order valence-electron chi connectivity index (χ1n) is 7.50. The Labute approximate surface area is 138 Å². The molecule has 0 saturated carbocycles. The van der Waals surface area contributed by atoms with Crippen molar-refractivity contribution >= 4 is 28.1 Å². The Morgan fingerprint density at radius 2 is 2.17 bits per heavy atom. The summed E-state index contributed by atoms with van der Waals surface area (Å²) >= 11 is 0. The van der Waals surface area contributed by atoms with E-state index in [4.69, 9.17) is 9.47 Å². The zero-order valence-electron chi connectivity index (χ0n) is 13.3. The number of carbonyl (C=O) groups excluding carboxylic acids is 1. The standard InChI is InChI=1S/C16H17N3O5/c1-10-8-18(9-15(24-10)16(20)23-2)13-3-4-14(19(21)22)12-7-17-6-5-11(12)13/h3-7,10,15H,8-9H2,1-2H3/t10-,15?/m1/s1. The molecule has 1 aromatic heterocycles. The van der Waals surface area contributed by atoms with Crippen LogP contribution in [0.25, 0.3) is 10.8 Å². The minimum atomic E-state index is -0.689. The zero-order chi connectivity index (χ0) is 17.3. The summed E-state index contributed by atoms with van der Waals surface area (Å²) in [5.74, 6) is -0.431. The SMILES string of the molecule is COC(=O)C1CN(c2ccc([N+](=O)[O-])c3cnccc23)C[C@@H](C)O1. The van der Waals surface area contributed by atoms with Gasteiger partial charge >= 0.3 is 5.97 Å². The van der Waals surface area contributed by atoms with E-state index in [-0.39, 0.29) is 11.8 Å². The van der Waals surface area contributed by atoms with E-state index in [1.165, 1.54) is 19.4 Å². The van der Waals surface area contributed by atoms with Crippen LogP contribution < -0.4 is 4.90 Å². The molecule has 0 bridgehead atoms. The molecule has 2 aromatic rings. The first kappa shape index (κ1) is 16.1. The van der Waals surface area contributed by atoms with E-state index in [1.54, 1.807) is 18.3 Å². The summed E-state index contributed by atoms with van der Waals surface area (Å²) in [6.45, 7) is 2.77. The van der Waals surface area contributed by atoms with Crippen LogP contribution in [0.4, 0.5) is 11.4 Å². The number of nitro groups is 1. The highest BCUT2D eigenvalue weighted by Crippen LogP contribution is 2.34. The maximum atomic E-state index is 11.8. The average Bonchev–Trinajstić information content (AvgIpc) is 2.59. The van der Waals surface area contributed by atoms with Crippen molar-refractivity contribution in [3.63, 3.8) is 0 Å². The number of hydrogen-bond donors (Lipinski definition) is 0. The van der Waals surface area contributed by atoms with E-state index >= 15 is 0 Å². The molecule has 2 heterocycles. The molecule has 1 fully saturated rings. The molecule has 0 amide bonds. The fraction of sp³-hybridized carbons (Fsp3) is 0.375. The van der Waals surface area contributed by atoms with E-state index in [1.807, 2.05) is 11.8 Å². The maximum Gasteiger partial charge on any atom is 0.336 e. The molecule has 0 spiro atoms. The summed E-state index contributed by atoms with van der Waals surface area (Å²) in [5, 5.41) is 12.4. The largest absolute Gasteiger partial charge is 0.467 e. The van der Waals surface area contributed by atoms with Crippen LogP contribution in [0.3, 0.4) is 0 Å². The number of non-ortho nitro benzene ring substituents is 1. The topological polar surface area (TPSA) is 94.8 Å². The number of anilines is 1. The lowest BCUT2D eigenvalue weighted by atomic mass is 10.1. The molecule has 1 aliphatic rings. The predicted molar refractivity (Wildman–Crippen MR) is 87.0 cm³/mol. The number of pyridine rings is 1. The molecule has 24 heavy (non-hydrogen) atoms. The Kier molecular flexibility index (Phi) is 4.30. The van der Waals surface area contributed by atoms with Gasteiger partial charge in [0.2, 0.25) is 0 Å². The summed E-state index contributed by atoms with van der Waals surface area (Å²) in [6.07, 6.45) is 2.22. The number of nitro benzene ring substituents is 1. The van der Waals surface area contributed by atoms with Gasteiger partial charge in [0.05, 0.1) is 30.1 Å². The van der Waals surface area contributed by atoms with Crippen LogP contribution in [0.5, 0.6) is 0 Å². The van der Waals surface area contributed by atoms with E-state index in [0.717, 1.165) is 11.1 Å². The van der Waals surface area contributed by atoms with E-state index in [9.17, 15) is 14.9 Å². The van der Waals surface area contributed by atoms with Crippen molar-refractivity contribution in [2.24, 2.45) is 0 Å². The minimum Gasteiger partial charge on any atom is -0.467 e. The second-order valence-corrected chi connectivity index (χ2v) is 5.65. The van der Waals surface area contributed by atoms with Gasteiger partial charge in [0, 0.05) is 36.1 Å². The van der Waals surface area contributed by atoms with Gasteiger partial charge in [-0.05, 0) is 19.1 Å². The zero-order valence-corrected chi connectivity index (χ0v) is 13.3. The van der Waals surface area contributed by atoms with Gasteiger partial charge < -0.3 is 14.4 Å². The van der Waals surface area contributed by atoms with Gasteiger partial charge in [0.1, 0.15) is 0 Å². The number of ether oxygens (including phenoxy) is 2. The lowest BCUT2D eigenvalue weighted by Gasteiger charge is -2.37. The summed E-state index contributed by atoms with van der Waals surface area (Å²) in [5.41, 5.74) is 0.815. The lowest BCUT2D eigenvalue weighted by Crippen LogP contribution is -2.50. The van der Waals surface area contributed by atoms with Crippen molar-refractivity contribution in [2.75, 3.05) is 25.1 Å². The molecule has 2 atom stereocenters. The third kappa shape index (κ3) is 2.88. The Bertz CT molecular complexity index is 794. The Balaban J connectivity index is 2.04. The first-order chi connectivity index (χ1) is 11.5. The summed E-state index contributed by atoms with van der Waals surface area (Å²) in [7, 11) is 1.32. The number of morpholine rings is 1. The molecule has 8 nitrogen and oxygen atoms in total. The highest BCUT2D eigenvalue weighted by atomic mass is 16.6. The second-order valence-electron chi connectivity index (χ2n) is 5.65. The van der Waals surface area contributed by atoms with Crippen molar-refractivity contribution in [3.05, 3.63) is 40.7 Å².